The molecule has 2 aromatic carbocycles. The normalized spacial score (nSPS) is 12.6. The number of carbonyl (C=O) groups excluding carboxylic acids is 1. The number of amides is 1. The number of fused-ring (bicyclic) bond motifs is 1. The van der Waals surface area contributed by atoms with Gasteiger partial charge in [-0.25, -0.2) is 8.78 Å². The van der Waals surface area contributed by atoms with Crippen molar-refractivity contribution in [3.05, 3.63) is 94.9 Å². The molecular weight excluding hydrogens is 450 g/mol. The first kappa shape index (κ1) is 22.3. The summed E-state index contributed by atoms with van der Waals surface area (Å²) in [6.45, 7) is 0.662. The number of nitriles is 1. The zero-order valence-corrected chi connectivity index (χ0v) is 18.8. The third kappa shape index (κ3) is 4.02. The van der Waals surface area contributed by atoms with E-state index >= 15 is 0 Å². The van der Waals surface area contributed by atoms with Gasteiger partial charge < -0.3 is 14.6 Å². The Hall–Kier alpha value is -4.51. The van der Waals surface area contributed by atoms with Gasteiger partial charge in [0, 0.05) is 54.8 Å². The molecule has 0 unspecified atom stereocenters. The fourth-order valence-corrected chi connectivity index (χ4v) is 4.61. The largest absolute Gasteiger partial charge is 0.497 e. The SMILES string of the molecule is COc1cc(F)cc(-c2c3c(n(Cc4ccc(F)cc4C#N)c2-c2ccncc2)CCNC3=O)c1. The van der Waals surface area contributed by atoms with Gasteiger partial charge in [0.25, 0.3) is 5.91 Å². The Labute approximate surface area is 200 Å². The molecule has 1 aliphatic heterocycles. The van der Waals surface area contributed by atoms with Crippen LogP contribution in [0.1, 0.15) is 27.2 Å². The Bertz CT molecular complexity index is 1490. The van der Waals surface area contributed by atoms with Crippen LogP contribution in [-0.2, 0) is 13.0 Å². The quantitative estimate of drug-likeness (QED) is 0.458. The van der Waals surface area contributed by atoms with Gasteiger partial charge in [0.2, 0.25) is 0 Å². The highest BCUT2D eigenvalue weighted by molar-refractivity contribution is 6.07. The summed E-state index contributed by atoms with van der Waals surface area (Å²) in [6, 6.07) is 14.1. The van der Waals surface area contributed by atoms with E-state index in [-0.39, 0.29) is 18.0 Å². The molecule has 0 aliphatic carbocycles. The molecule has 0 saturated heterocycles. The van der Waals surface area contributed by atoms with Crippen molar-refractivity contribution in [2.75, 3.05) is 13.7 Å². The topological polar surface area (TPSA) is 79.9 Å². The van der Waals surface area contributed by atoms with Crippen molar-refractivity contribution in [2.24, 2.45) is 0 Å². The smallest absolute Gasteiger partial charge is 0.253 e. The van der Waals surface area contributed by atoms with Crippen LogP contribution >= 0.6 is 0 Å². The molecule has 2 aromatic heterocycles. The number of pyridine rings is 1. The number of benzene rings is 2. The van der Waals surface area contributed by atoms with E-state index in [1.807, 2.05) is 16.7 Å². The molecule has 4 aromatic rings. The Morgan fingerprint density at radius 2 is 1.86 bits per heavy atom. The van der Waals surface area contributed by atoms with Gasteiger partial charge in [-0.15, -0.1) is 0 Å². The molecule has 174 valence electrons. The summed E-state index contributed by atoms with van der Waals surface area (Å²) in [7, 11) is 1.45. The van der Waals surface area contributed by atoms with Crippen LogP contribution in [0.3, 0.4) is 0 Å². The van der Waals surface area contributed by atoms with Crippen LogP contribution in [0.15, 0.2) is 60.9 Å². The summed E-state index contributed by atoms with van der Waals surface area (Å²) < 4.78 is 35.6. The van der Waals surface area contributed by atoms with Crippen molar-refractivity contribution >= 4 is 5.91 Å². The van der Waals surface area contributed by atoms with Crippen molar-refractivity contribution in [3.63, 3.8) is 0 Å². The number of halogens is 2. The van der Waals surface area contributed by atoms with Crippen LogP contribution in [0.25, 0.3) is 22.4 Å². The average molecular weight is 470 g/mol. The second-order valence-corrected chi connectivity index (χ2v) is 8.17. The Morgan fingerprint density at radius 3 is 2.60 bits per heavy atom. The maximum absolute atomic E-state index is 14.6. The third-order valence-corrected chi connectivity index (χ3v) is 6.12. The van der Waals surface area contributed by atoms with E-state index < -0.39 is 11.6 Å². The van der Waals surface area contributed by atoms with Crippen LogP contribution in [-0.4, -0.2) is 29.1 Å². The van der Waals surface area contributed by atoms with Crippen LogP contribution in [0.5, 0.6) is 5.75 Å². The van der Waals surface area contributed by atoms with Crippen LogP contribution in [0.2, 0.25) is 0 Å². The van der Waals surface area contributed by atoms with E-state index in [9.17, 15) is 18.8 Å². The molecule has 0 atom stereocenters. The van der Waals surface area contributed by atoms with Gasteiger partial charge in [-0.3, -0.25) is 9.78 Å². The number of ether oxygens (including phenoxy) is 1. The van der Waals surface area contributed by atoms with Gasteiger partial charge in [0.05, 0.1) is 30.0 Å². The van der Waals surface area contributed by atoms with E-state index in [1.54, 1.807) is 24.5 Å². The fourth-order valence-electron chi connectivity index (χ4n) is 4.61. The molecule has 0 spiro atoms. The summed E-state index contributed by atoms with van der Waals surface area (Å²) in [5.41, 5.74) is 4.50. The van der Waals surface area contributed by atoms with E-state index in [2.05, 4.69) is 16.4 Å². The monoisotopic (exact) mass is 470 g/mol. The van der Waals surface area contributed by atoms with Crippen molar-refractivity contribution in [1.29, 1.82) is 5.26 Å². The predicted octanol–water partition coefficient (Wildman–Crippen LogP) is 4.71. The number of carbonyl (C=O) groups is 1. The highest BCUT2D eigenvalue weighted by Gasteiger charge is 2.31. The van der Waals surface area contributed by atoms with Gasteiger partial charge in [0.15, 0.2) is 0 Å². The van der Waals surface area contributed by atoms with Crippen LogP contribution < -0.4 is 10.1 Å². The molecule has 5 rings (SSSR count). The van der Waals surface area contributed by atoms with Gasteiger partial charge in [-0.05, 0) is 47.5 Å². The van der Waals surface area contributed by atoms with Crippen molar-refractivity contribution in [1.82, 2.24) is 14.9 Å². The fraction of sp³-hybridized carbons (Fsp3) is 0.148. The van der Waals surface area contributed by atoms with Gasteiger partial charge in [-0.2, -0.15) is 5.26 Å². The average Bonchev–Trinajstić information content (AvgIpc) is 3.20. The van der Waals surface area contributed by atoms with Gasteiger partial charge >= 0.3 is 0 Å². The molecule has 0 bridgehead atoms. The second-order valence-electron chi connectivity index (χ2n) is 8.17. The van der Waals surface area contributed by atoms with E-state index in [4.69, 9.17) is 4.74 Å². The second kappa shape index (κ2) is 9.03. The molecule has 35 heavy (non-hydrogen) atoms. The molecule has 1 amide bonds. The molecule has 6 nitrogen and oxygen atoms in total. The lowest BCUT2D eigenvalue weighted by Gasteiger charge is -2.18. The molecule has 1 aliphatic rings. The number of methoxy groups -OCH3 is 1. The highest BCUT2D eigenvalue weighted by Crippen LogP contribution is 2.42. The van der Waals surface area contributed by atoms with E-state index in [1.165, 1.54) is 31.4 Å². The molecule has 8 heteroatoms. The summed E-state index contributed by atoms with van der Waals surface area (Å²) in [5, 5.41) is 12.5. The molecule has 3 heterocycles. The number of hydrogen-bond donors (Lipinski definition) is 1. The molecule has 1 N–H and O–H groups in total. The number of hydrogen-bond acceptors (Lipinski definition) is 4. The number of nitrogens with zero attached hydrogens (tertiary/aromatic N) is 3. The van der Waals surface area contributed by atoms with Gasteiger partial charge in [0.1, 0.15) is 17.4 Å². The van der Waals surface area contributed by atoms with E-state index in [0.717, 1.165) is 11.3 Å². The lowest BCUT2D eigenvalue weighted by atomic mass is 9.95. The molecule has 0 saturated carbocycles. The first-order valence-corrected chi connectivity index (χ1v) is 11.0. The predicted molar refractivity (Wildman–Crippen MR) is 126 cm³/mol. The van der Waals surface area contributed by atoms with Crippen molar-refractivity contribution in [3.8, 4) is 34.2 Å². The van der Waals surface area contributed by atoms with Crippen LogP contribution in [0.4, 0.5) is 8.78 Å². The Kier molecular flexibility index (Phi) is 5.75. The minimum absolute atomic E-state index is 0.211. The highest BCUT2D eigenvalue weighted by atomic mass is 19.1. The number of rotatable bonds is 5. The lowest BCUT2D eigenvalue weighted by molar-refractivity contribution is 0.0946. The summed E-state index contributed by atoms with van der Waals surface area (Å²) >= 11 is 0. The third-order valence-electron chi connectivity index (χ3n) is 6.12. The van der Waals surface area contributed by atoms with Crippen molar-refractivity contribution < 1.29 is 18.3 Å². The first-order valence-electron chi connectivity index (χ1n) is 11.0. The molecule has 0 radical (unpaired) electrons. The maximum atomic E-state index is 14.6. The maximum Gasteiger partial charge on any atom is 0.253 e. The Morgan fingerprint density at radius 1 is 1.06 bits per heavy atom. The minimum atomic E-state index is -0.499. The molecule has 0 fully saturated rings. The zero-order chi connectivity index (χ0) is 24.5. The lowest BCUT2D eigenvalue weighted by Crippen LogP contribution is -2.32. The zero-order valence-electron chi connectivity index (χ0n) is 18.8. The summed E-state index contributed by atoms with van der Waals surface area (Å²) in [6.07, 6.45) is 3.81. The Balaban J connectivity index is 1.85. The molecular formula is C27H20F2N4O2. The van der Waals surface area contributed by atoms with Crippen molar-refractivity contribution in [2.45, 2.75) is 13.0 Å². The first-order chi connectivity index (χ1) is 17.0. The summed E-state index contributed by atoms with van der Waals surface area (Å²) in [5.74, 6) is -0.939. The number of nitrogens with one attached hydrogen (secondary N) is 1. The van der Waals surface area contributed by atoms with Crippen LogP contribution in [0, 0.1) is 23.0 Å². The summed E-state index contributed by atoms with van der Waals surface area (Å²) in [4.78, 5) is 17.3. The van der Waals surface area contributed by atoms with Gasteiger partial charge in [-0.1, -0.05) is 6.07 Å². The van der Waals surface area contributed by atoms with E-state index in [0.29, 0.717) is 46.7 Å². The minimum Gasteiger partial charge on any atom is -0.497 e. The number of aromatic nitrogens is 2. The standard InChI is InChI=1S/C27H20F2N4O2/c1-35-22-12-18(10-21(29)13-22)24-25-23(6-9-32-27(25)34)33(26(24)16-4-7-31-8-5-16)15-17-2-3-20(28)11-19(17)14-30/h2-5,7-8,10-13H,6,9,15H2,1H3,(H,32,34).